The van der Waals surface area contributed by atoms with Gasteiger partial charge in [-0.3, -0.25) is 4.57 Å². The minimum absolute atomic E-state index is 0.859. The van der Waals surface area contributed by atoms with Crippen molar-refractivity contribution in [3.8, 4) is 0 Å². The van der Waals surface area contributed by atoms with Crippen LogP contribution >= 0.6 is 7.29 Å². The maximum Gasteiger partial charge on any atom is 0.227 e. The molecule has 0 fully saturated rings. The van der Waals surface area contributed by atoms with Crippen molar-refractivity contribution >= 4 is 23.6 Å². The van der Waals surface area contributed by atoms with Crippen molar-refractivity contribution in [3.05, 3.63) is 90.0 Å². The average molecular weight is 321 g/mol. The van der Waals surface area contributed by atoms with Gasteiger partial charge in [0, 0.05) is 16.3 Å². The number of hydrogen-bond acceptors (Lipinski definition) is 1. The van der Waals surface area contributed by atoms with E-state index in [1.807, 2.05) is 92.7 Å². The van der Waals surface area contributed by atoms with Crippen LogP contribution < -0.4 is 15.7 Å². The normalized spacial score (nSPS) is 11.2. The van der Waals surface area contributed by atoms with Gasteiger partial charge in [-0.15, -0.1) is 0 Å². The Morgan fingerprint density at radius 3 is 1.57 bits per heavy atom. The van der Waals surface area contributed by atoms with Gasteiger partial charge in [0.2, 0.25) is 7.29 Å². The van der Waals surface area contributed by atoms with E-state index in [1.165, 1.54) is 0 Å². The Morgan fingerprint density at radius 2 is 1.09 bits per heavy atom. The first-order valence-corrected chi connectivity index (χ1v) is 9.38. The van der Waals surface area contributed by atoms with Gasteiger partial charge < -0.3 is 5.09 Å². The number of aryl methyl sites for hydroxylation is 2. The molecule has 3 rings (SSSR count). The second kappa shape index (κ2) is 6.44. The first-order chi connectivity index (χ1) is 11.1. The van der Waals surface area contributed by atoms with Gasteiger partial charge in [0.05, 0.1) is 0 Å². The van der Waals surface area contributed by atoms with E-state index in [0.717, 1.165) is 27.4 Å². The van der Waals surface area contributed by atoms with Crippen LogP contribution in [0.25, 0.3) is 0 Å². The molecule has 0 saturated carbocycles. The van der Waals surface area contributed by atoms with Crippen LogP contribution in [0.3, 0.4) is 0 Å². The van der Waals surface area contributed by atoms with Crippen molar-refractivity contribution in [2.75, 3.05) is 5.09 Å². The van der Waals surface area contributed by atoms with Crippen molar-refractivity contribution in [1.82, 2.24) is 0 Å². The van der Waals surface area contributed by atoms with E-state index in [0.29, 0.717) is 0 Å². The highest BCUT2D eigenvalue weighted by Crippen LogP contribution is 2.45. The molecular weight excluding hydrogens is 301 g/mol. The Bertz CT molecular complexity index is 809. The molecule has 2 nitrogen and oxygen atoms in total. The molecule has 116 valence electrons. The standard InChI is InChI=1S/C20H20NOP/c1-16-10-6-8-14-19(16)23(22,20-15-9-7-11-17(20)2)21-18-12-4-3-5-13-18/h3-15H,1-2H3,(H,21,22). The van der Waals surface area contributed by atoms with Gasteiger partial charge in [-0.25, -0.2) is 0 Å². The van der Waals surface area contributed by atoms with E-state index in [2.05, 4.69) is 5.09 Å². The quantitative estimate of drug-likeness (QED) is 0.709. The molecule has 1 N–H and O–H groups in total. The van der Waals surface area contributed by atoms with E-state index in [1.54, 1.807) is 0 Å². The summed E-state index contributed by atoms with van der Waals surface area (Å²) in [6.07, 6.45) is 0. The first-order valence-electron chi connectivity index (χ1n) is 7.67. The van der Waals surface area contributed by atoms with Crippen LogP contribution in [0.1, 0.15) is 11.1 Å². The monoisotopic (exact) mass is 321 g/mol. The van der Waals surface area contributed by atoms with E-state index >= 15 is 0 Å². The molecule has 3 aromatic carbocycles. The SMILES string of the molecule is Cc1ccccc1P(=O)(Nc1ccccc1)c1ccccc1C. The number of rotatable bonds is 4. The highest BCUT2D eigenvalue weighted by Gasteiger charge is 2.30. The topological polar surface area (TPSA) is 29.1 Å². The summed E-state index contributed by atoms with van der Waals surface area (Å²) in [7, 11) is -2.97. The van der Waals surface area contributed by atoms with E-state index in [4.69, 9.17) is 0 Å². The summed E-state index contributed by atoms with van der Waals surface area (Å²) < 4.78 is 14.1. The smallest absolute Gasteiger partial charge is 0.227 e. The van der Waals surface area contributed by atoms with Gasteiger partial charge >= 0.3 is 0 Å². The largest absolute Gasteiger partial charge is 0.329 e. The minimum Gasteiger partial charge on any atom is -0.329 e. The molecule has 0 heterocycles. The lowest BCUT2D eigenvalue weighted by Gasteiger charge is -2.24. The lowest BCUT2D eigenvalue weighted by Crippen LogP contribution is -2.25. The second-order valence-electron chi connectivity index (χ2n) is 5.66. The summed E-state index contributed by atoms with van der Waals surface area (Å²) in [5.74, 6) is 0. The van der Waals surface area contributed by atoms with Gasteiger partial charge in [-0.1, -0.05) is 54.6 Å². The molecule has 0 aliphatic heterocycles. The van der Waals surface area contributed by atoms with Crippen molar-refractivity contribution in [2.45, 2.75) is 13.8 Å². The Balaban J connectivity index is 2.20. The van der Waals surface area contributed by atoms with Gasteiger partial charge in [-0.05, 0) is 49.2 Å². The van der Waals surface area contributed by atoms with Crippen molar-refractivity contribution in [3.63, 3.8) is 0 Å². The van der Waals surface area contributed by atoms with E-state index in [-0.39, 0.29) is 0 Å². The third-order valence-electron chi connectivity index (χ3n) is 3.97. The summed E-state index contributed by atoms with van der Waals surface area (Å²) >= 11 is 0. The predicted molar refractivity (Wildman–Crippen MR) is 99.3 cm³/mol. The molecule has 0 saturated heterocycles. The lowest BCUT2D eigenvalue weighted by molar-refractivity contribution is 0.590. The molecule has 0 atom stereocenters. The van der Waals surface area contributed by atoms with Crippen molar-refractivity contribution in [1.29, 1.82) is 0 Å². The zero-order valence-corrected chi connectivity index (χ0v) is 14.3. The van der Waals surface area contributed by atoms with Crippen LogP contribution in [0.2, 0.25) is 0 Å². The Kier molecular flexibility index (Phi) is 4.36. The van der Waals surface area contributed by atoms with Gasteiger partial charge in [0.1, 0.15) is 0 Å². The lowest BCUT2D eigenvalue weighted by atomic mass is 10.2. The molecule has 0 unspecified atom stereocenters. The molecule has 23 heavy (non-hydrogen) atoms. The van der Waals surface area contributed by atoms with Crippen molar-refractivity contribution in [2.24, 2.45) is 0 Å². The van der Waals surface area contributed by atoms with Crippen LogP contribution in [-0.4, -0.2) is 0 Å². The molecule has 0 aromatic heterocycles. The molecule has 0 aliphatic rings. The van der Waals surface area contributed by atoms with Crippen molar-refractivity contribution < 1.29 is 4.57 Å². The average Bonchev–Trinajstić information content (AvgIpc) is 2.56. The third-order valence-corrected chi connectivity index (χ3v) is 6.90. The maximum absolute atomic E-state index is 14.1. The van der Waals surface area contributed by atoms with Gasteiger partial charge in [0.25, 0.3) is 0 Å². The molecular formula is C20H20NOP. The van der Waals surface area contributed by atoms with Crippen LogP contribution in [0, 0.1) is 13.8 Å². The summed E-state index contributed by atoms with van der Waals surface area (Å²) in [6.45, 7) is 4.01. The fourth-order valence-corrected chi connectivity index (χ4v) is 5.53. The number of benzene rings is 3. The molecule has 0 spiro atoms. The summed E-state index contributed by atoms with van der Waals surface area (Å²) in [6, 6.07) is 25.5. The molecule has 0 aliphatic carbocycles. The summed E-state index contributed by atoms with van der Waals surface area (Å²) in [5, 5.41) is 5.04. The first kappa shape index (κ1) is 15.6. The highest BCUT2D eigenvalue weighted by molar-refractivity contribution is 7.80. The number of nitrogens with one attached hydrogen (secondary N) is 1. The number of para-hydroxylation sites is 1. The molecule has 3 aromatic rings. The zero-order valence-electron chi connectivity index (χ0n) is 13.4. The minimum atomic E-state index is -2.97. The Labute approximate surface area is 137 Å². The Hall–Kier alpha value is -2.31. The molecule has 0 bridgehead atoms. The fourth-order valence-electron chi connectivity index (χ4n) is 2.78. The summed E-state index contributed by atoms with van der Waals surface area (Å²) in [5.41, 5.74) is 2.92. The van der Waals surface area contributed by atoms with Gasteiger partial charge in [-0.2, -0.15) is 0 Å². The number of hydrogen-bond donors (Lipinski definition) is 1. The van der Waals surface area contributed by atoms with Crippen LogP contribution in [0.4, 0.5) is 5.69 Å². The number of anilines is 1. The van der Waals surface area contributed by atoms with Gasteiger partial charge in [0.15, 0.2) is 0 Å². The van der Waals surface area contributed by atoms with E-state index in [9.17, 15) is 4.57 Å². The maximum atomic E-state index is 14.1. The molecule has 3 heteroatoms. The summed E-state index contributed by atoms with van der Waals surface area (Å²) in [4.78, 5) is 0. The predicted octanol–water partition coefficient (Wildman–Crippen LogP) is 4.64. The van der Waals surface area contributed by atoms with Crippen LogP contribution in [0.5, 0.6) is 0 Å². The zero-order chi connectivity index (χ0) is 16.3. The molecule has 0 radical (unpaired) electrons. The molecule has 0 amide bonds. The third kappa shape index (κ3) is 3.09. The van der Waals surface area contributed by atoms with Crippen LogP contribution in [-0.2, 0) is 4.57 Å². The highest BCUT2D eigenvalue weighted by atomic mass is 31.2. The van der Waals surface area contributed by atoms with E-state index < -0.39 is 7.29 Å². The fraction of sp³-hybridized carbons (Fsp3) is 0.100. The van der Waals surface area contributed by atoms with Crippen LogP contribution in [0.15, 0.2) is 78.9 Å². The second-order valence-corrected chi connectivity index (χ2v) is 8.07. The Morgan fingerprint density at radius 1 is 0.652 bits per heavy atom.